The van der Waals surface area contributed by atoms with Crippen LogP contribution >= 0.6 is 0 Å². The predicted octanol–water partition coefficient (Wildman–Crippen LogP) is 2.49. The molecule has 2 aromatic carbocycles. The highest BCUT2D eigenvalue weighted by Gasteiger charge is 2.28. The van der Waals surface area contributed by atoms with Gasteiger partial charge in [-0.05, 0) is 19.1 Å². The van der Waals surface area contributed by atoms with Gasteiger partial charge in [0.2, 0.25) is 0 Å². The summed E-state index contributed by atoms with van der Waals surface area (Å²) in [6.45, 7) is 1.66. The summed E-state index contributed by atoms with van der Waals surface area (Å²) >= 11 is 0. The van der Waals surface area contributed by atoms with Crippen LogP contribution < -0.4 is 0 Å². The molecule has 0 unspecified atom stereocenters. The Morgan fingerprint density at radius 2 is 1.26 bits per heavy atom. The molecular weight excluding hydrogens is 238 g/mol. The normalized spacial score (nSPS) is 12.4. The third-order valence-corrected chi connectivity index (χ3v) is 3.80. The Balaban J connectivity index is 2.50. The zero-order valence-electron chi connectivity index (χ0n) is 10.9. The molecule has 0 amide bonds. The monoisotopic (exact) mass is 255 g/mol. The Kier molecular flexibility index (Phi) is 2.81. The van der Waals surface area contributed by atoms with Crippen molar-refractivity contribution in [3.63, 3.8) is 0 Å². The van der Waals surface area contributed by atoms with Crippen LogP contribution in [0, 0.1) is 0 Å². The summed E-state index contributed by atoms with van der Waals surface area (Å²) in [5, 5.41) is 21.7. The molecule has 2 N–H and O–H groups in total. The van der Waals surface area contributed by atoms with E-state index in [0.29, 0.717) is 0 Å². The molecule has 1 aromatic heterocycles. The van der Waals surface area contributed by atoms with Crippen molar-refractivity contribution < 1.29 is 10.2 Å². The molecule has 0 saturated heterocycles. The number of aliphatic hydroxyl groups excluding tert-OH is 2. The summed E-state index contributed by atoms with van der Waals surface area (Å²) in [7, 11) is 0. The molecule has 0 radical (unpaired) electrons. The second-order valence-corrected chi connectivity index (χ2v) is 5.18. The van der Waals surface area contributed by atoms with Crippen LogP contribution in [0.5, 0.6) is 0 Å². The number of aromatic nitrogens is 1. The van der Waals surface area contributed by atoms with Crippen LogP contribution in [0.3, 0.4) is 0 Å². The van der Waals surface area contributed by atoms with Gasteiger partial charge in [-0.25, -0.2) is 0 Å². The zero-order valence-corrected chi connectivity index (χ0v) is 10.9. The van der Waals surface area contributed by atoms with Crippen molar-refractivity contribution in [2.75, 3.05) is 13.2 Å². The molecule has 0 atom stereocenters. The lowest BCUT2D eigenvalue weighted by Crippen LogP contribution is -2.37. The summed E-state index contributed by atoms with van der Waals surface area (Å²) < 4.78 is 2.04. The van der Waals surface area contributed by atoms with Crippen LogP contribution in [-0.4, -0.2) is 28.0 Å². The second-order valence-electron chi connectivity index (χ2n) is 5.18. The van der Waals surface area contributed by atoms with Crippen molar-refractivity contribution in [2.24, 2.45) is 0 Å². The number of fused-ring (bicyclic) bond motifs is 3. The predicted molar refractivity (Wildman–Crippen MR) is 77.3 cm³/mol. The minimum absolute atomic E-state index is 0.105. The third kappa shape index (κ3) is 1.66. The molecule has 0 saturated carbocycles. The number of rotatable bonds is 3. The van der Waals surface area contributed by atoms with E-state index < -0.39 is 5.54 Å². The Morgan fingerprint density at radius 3 is 1.68 bits per heavy atom. The van der Waals surface area contributed by atoms with Gasteiger partial charge in [-0.1, -0.05) is 36.4 Å². The van der Waals surface area contributed by atoms with Crippen molar-refractivity contribution in [3.8, 4) is 0 Å². The number of hydrogen-bond acceptors (Lipinski definition) is 2. The fraction of sp³-hybridized carbons (Fsp3) is 0.250. The highest BCUT2D eigenvalue weighted by atomic mass is 16.3. The number of para-hydroxylation sites is 2. The van der Waals surface area contributed by atoms with E-state index >= 15 is 0 Å². The SMILES string of the molecule is CC(CO)(CO)n1c2ccccc2c2ccccc21. The maximum absolute atomic E-state index is 9.70. The van der Waals surface area contributed by atoms with Crippen molar-refractivity contribution in [1.29, 1.82) is 0 Å². The number of nitrogens with zero attached hydrogens (tertiary/aromatic N) is 1. The minimum atomic E-state index is -0.706. The van der Waals surface area contributed by atoms with Crippen molar-refractivity contribution >= 4 is 21.8 Å². The zero-order chi connectivity index (χ0) is 13.5. The first-order valence-electron chi connectivity index (χ1n) is 6.42. The fourth-order valence-corrected chi connectivity index (χ4v) is 2.70. The molecule has 3 nitrogen and oxygen atoms in total. The highest BCUT2D eigenvalue weighted by Crippen LogP contribution is 2.33. The summed E-state index contributed by atoms with van der Waals surface area (Å²) in [5.41, 5.74) is 1.37. The van der Waals surface area contributed by atoms with E-state index in [-0.39, 0.29) is 13.2 Å². The van der Waals surface area contributed by atoms with Gasteiger partial charge < -0.3 is 14.8 Å². The molecule has 0 aliphatic heterocycles. The minimum Gasteiger partial charge on any atom is -0.394 e. The molecular formula is C16H17NO2. The fourth-order valence-electron chi connectivity index (χ4n) is 2.70. The van der Waals surface area contributed by atoms with Crippen LogP contribution in [0.1, 0.15) is 6.92 Å². The molecule has 0 spiro atoms. The van der Waals surface area contributed by atoms with Crippen LogP contribution in [0.2, 0.25) is 0 Å². The standard InChI is InChI=1S/C16H17NO2/c1-16(10-18,11-19)17-14-8-4-2-6-12(14)13-7-3-5-9-15(13)17/h2-9,18-19H,10-11H2,1H3. The molecule has 3 aromatic rings. The van der Waals surface area contributed by atoms with E-state index in [4.69, 9.17) is 0 Å². The Hall–Kier alpha value is -1.84. The first-order valence-corrected chi connectivity index (χ1v) is 6.42. The van der Waals surface area contributed by atoms with E-state index in [1.165, 1.54) is 0 Å². The highest BCUT2D eigenvalue weighted by molar-refractivity contribution is 6.08. The van der Waals surface area contributed by atoms with Gasteiger partial charge in [0.1, 0.15) is 0 Å². The van der Waals surface area contributed by atoms with Gasteiger partial charge in [-0.15, -0.1) is 0 Å². The van der Waals surface area contributed by atoms with E-state index in [0.717, 1.165) is 21.8 Å². The molecule has 0 aliphatic rings. The Morgan fingerprint density at radius 1 is 0.842 bits per heavy atom. The lowest BCUT2D eigenvalue weighted by atomic mass is 10.0. The average Bonchev–Trinajstić information content (AvgIpc) is 2.82. The lowest BCUT2D eigenvalue weighted by Gasteiger charge is -2.29. The summed E-state index contributed by atoms with van der Waals surface area (Å²) in [6.07, 6.45) is 0. The molecule has 0 fully saturated rings. The maximum Gasteiger partial charge on any atom is 0.0883 e. The number of aliphatic hydroxyl groups is 2. The smallest absolute Gasteiger partial charge is 0.0883 e. The summed E-state index contributed by atoms with van der Waals surface area (Å²) in [6, 6.07) is 16.2. The van der Waals surface area contributed by atoms with Gasteiger partial charge in [0.25, 0.3) is 0 Å². The van der Waals surface area contributed by atoms with Gasteiger partial charge in [0, 0.05) is 21.8 Å². The van der Waals surface area contributed by atoms with Crippen molar-refractivity contribution in [1.82, 2.24) is 4.57 Å². The lowest BCUT2D eigenvalue weighted by molar-refractivity contribution is 0.0843. The molecule has 0 bridgehead atoms. The van der Waals surface area contributed by atoms with E-state index in [1.807, 2.05) is 47.9 Å². The first-order chi connectivity index (χ1) is 9.21. The van der Waals surface area contributed by atoms with Gasteiger partial charge in [0.05, 0.1) is 18.8 Å². The van der Waals surface area contributed by atoms with Crippen molar-refractivity contribution in [3.05, 3.63) is 48.5 Å². The number of hydrogen-bond donors (Lipinski definition) is 2. The first kappa shape index (κ1) is 12.2. The third-order valence-electron chi connectivity index (χ3n) is 3.80. The quantitative estimate of drug-likeness (QED) is 0.755. The molecule has 19 heavy (non-hydrogen) atoms. The topological polar surface area (TPSA) is 45.4 Å². The molecule has 3 heteroatoms. The second kappa shape index (κ2) is 4.37. The van der Waals surface area contributed by atoms with Crippen LogP contribution in [-0.2, 0) is 5.54 Å². The van der Waals surface area contributed by atoms with Gasteiger partial charge in [-0.2, -0.15) is 0 Å². The van der Waals surface area contributed by atoms with Gasteiger partial charge >= 0.3 is 0 Å². The molecule has 98 valence electrons. The van der Waals surface area contributed by atoms with Crippen LogP contribution in [0.15, 0.2) is 48.5 Å². The van der Waals surface area contributed by atoms with E-state index in [1.54, 1.807) is 0 Å². The molecule has 3 rings (SSSR count). The van der Waals surface area contributed by atoms with Crippen LogP contribution in [0.25, 0.3) is 21.8 Å². The van der Waals surface area contributed by atoms with Crippen molar-refractivity contribution in [2.45, 2.75) is 12.5 Å². The van der Waals surface area contributed by atoms with E-state index in [2.05, 4.69) is 12.1 Å². The Bertz CT molecular complexity index is 673. The summed E-state index contributed by atoms with van der Waals surface area (Å²) in [5.74, 6) is 0. The molecule has 1 heterocycles. The summed E-state index contributed by atoms with van der Waals surface area (Å²) in [4.78, 5) is 0. The van der Waals surface area contributed by atoms with Gasteiger partial charge in [0.15, 0.2) is 0 Å². The Labute approximate surface area is 111 Å². The molecule has 0 aliphatic carbocycles. The largest absolute Gasteiger partial charge is 0.394 e. The average molecular weight is 255 g/mol. The number of benzene rings is 2. The van der Waals surface area contributed by atoms with Crippen LogP contribution in [0.4, 0.5) is 0 Å². The van der Waals surface area contributed by atoms with E-state index in [9.17, 15) is 10.2 Å². The maximum atomic E-state index is 9.70. The van der Waals surface area contributed by atoms with Gasteiger partial charge in [-0.3, -0.25) is 0 Å².